The van der Waals surface area contributed by atoms with Gasteiger partial charge in [0.2, 0.25) is 7.38 Å². The Morgan fingerprint density at radius 3 is 2.97 bits per heavy atom. The summed E-state index contributed by atoms with van der Waals surface area (Å²) in [6.07, 6.45) is 0.805. The zero-order valence-corrected chi connectivity index (χ0v) is 18.7. The number of carbonyl (C=O) groups is 1. The highest BCUT2D eigenvalue weighted by atomic mass is 16.6. The zero-order chi connectivity index (χ0) is 25.4. The number of nitrogens with one attached hydrogen (secondary N) is 2. The van der Waals surface area contributed by atoms with E-state index in [0.29, 0.717) is 42.2 Å². The average Bonchev–Trinajstić information content (AvgIpc) is 3.38. The first kappa shape index (κ1) is 21.7. The van der Waals surface area contributed by atoms with E-state index in [9.17, 15) is 9.90 Å². The molecule has 0 saturated carbocycles. The molecule has 33 heavy (non-hydrogen) atoms. The number of aromatic nitrogens is 4. The second kappa shape index (κ2) is 10.2. The third-order valence-corrected chi connectivity index (χ3v) is 5.52. The molecular weight excluding hydrogens is 426 g/mol. The van der Waals surface area contributed by atoms with Gasteiger partial charge in [0.1, 0.15) is 18.2 Å². The molecule has 1 saturated heterocycles. The minimum absolute atomic E-state index is 0.0966. The fourth-order valence-corrected chi connectivity index (χ4v) is 3.64. The van der Waals surface area contributed by atoms with Crippen LogP contribution in [0.1, 0.15) is 45.1 Å². The molecule has 0 aliphatic carbocycles. The van der Waals surface area contributed by atoms with Crippen LogP contribution < -0.4 is 16.4 Å². The predicted molar refractivity (Wildman–Crippen MR) is 125 cm³/mol. The highest BCUT2D eigenvalue weighted by Gasteiger charge is 2.46. The third-order valence-electron chi connectivity index (χ3n) is 5.52. The molecule has 1 fully saturated rings. The van der Waals surface area contributed by atoms with Gasteiger partial charge >= 0.3 is 0 Å². The van der Waals surface area contributed by atoms with E-state index < -0.39 is 17.9 Å². The molecule has 3 atom stereocenters. The molecule has 0 bridgehead atoms. The van der Waals surface area contributed by atoms with Gasteiger partial charge in [-0.15, -0.1) is 0 Å². The van der Waals surface area contributed by atoms with Crippen LogP contribution in [0.25, 0.3) is 11.2 Å². The summed E-state index contributed by atoms with van der Waals surface area (Å²) in [7, 11) is 1.25. The first-order valence-electron chi connectivity index (χ1n) is 11.8. The molecule has 1 aromatic carbocycles. The number of amides is 1. The predicted octanol–water partition coefficient (Wildman–Crippen LogP) is 1.51. The Kier molecular flexibility index (Phi) is 6.72. The lowest BCUT2D eigenvalue weighted by Gasteiger charge is -2.25. The fraction of sp³-hybridized carbons (Fsp3) is 0.455. The summed E-state index contributed by atoms with van der Waals surface area (Å²) in [6.45, 7) is 2.65. The van der Waals surface area contributed by atoms with Crippen molar-refractivity contribution in [3.63, 3.8) is 0 Å². The number of benzene rings is 1. The number of hydrogen-bond donors (Lipinski definition) is 5. The van der Waals surface area contributed by atoms with Gasteiger partial charge in [0, 0.05) is 19.9 Å². The van der Waals surface area contributed by atoms with Crippen molar-refractivity contribution >= 4 is 28.8 Å². The van der Waals surface area contributed by atoms with Gasteiger partial charge in [-0.1, -0.05) is 25.6 Å². The molecule has 4 rings (SSSR count). The number of aliphatic hydroxyl groups excluding tert-OH is 2. The lowest BCUT2D eigenvalue weighted by atomic mass is 10.0. The lowest BCUT2D eigenvalue weighted by molar-refractivity contribution is -0.114. The molecule has 3 aromatic rings. The van der Waals surface area contributed by atoms with Crippen LogP contribution in [0.4, 0.5) is 11.8 Å². The van der Waals surface area contributed by atoms with E-state index >= 15 is 0 Å². The Bertz CT molecular complexity index is 1120. The van der Waals surface area contributed by atoms with Crippen LogP contribution in [0.2, 0.25) is 0 Å². The second-order valence-electron chi connectivity index (χ2n) is 7.87. The molecule has 2 aromatic heterocycles. The van der Waals surface area contributed by atoms with Crippen molar-refractivity contribution in [1.82, 2.24) is 19.5 Å². The second-order valence-corrected chi connectivity index (χ2v) is 7.87. The number of hydrogen-bond acceptors (Lipinski definition) is 9. The molecule has 0 radical (unpaired) electrons. The standard InChI is InChI=1S/C21H27N7O4.CH4/c1-21(11-29)14(30)10-15(32-21)28-18-16(26-20(28)23-9-5-8-22)17(24-12-25-18)27-19(31)13-6-3-2-4-7-13;/h2-4,6-7,12,14-15,29-30H,5,8-11,22H2,1H3,(H,23,26)(H,24,25,27,31);1H4/i29T;1D. The number of fused-ring (bicyclic) bond motifs is 1. The summed E-state index contributed by atoms with van der Waals surface area (Å²) in [5, 5.41) is 21.1. The minimum Gasteiger partial charge on any atom is -0.393 e. The summed E-state index contributed by atoms with van der Waals surface area (Å²) in [5.41, 5.74) is 5.85. The van der Waals surface area contributed by atoms with Gasteiger partial charge in [0.05, 0.1) is 12.7 Å². The molecule has 3 heterocycles. The highest BCUT2D eigenvalue weighted by Crippen LogP contribution is 2.40. The Hall–Kier alpha value is -3.12. The van der Waals surface area contributed by atoms with Crippen molar-refractivity contribution in [3.8, 4) is 0 Å². The van der Waals surface area contributed by atoms with Crippen molar-refractivity contribution in [1.29, 1.82) is 1.43 Å². The molecule has 0 spiro atoms. The molecule has 1 amide bonds. The van der Waals surface area contributed by atoms with E-state index in [0.717, 1.165) is 0 Å². The van der Waals surface area contributed by atoms with E-state index in [-0.39, 0.29) is 24.8 Å². The minimum atomic E-state index is -1.06. The molecule has 11 heteroatoms. The number of ether oxygens (including phenoxy) is 1. The van der Waals surface area contributed by atoms with Crippen LogP contribution in [0.15, 0.2) is 36.7 Å². The summed E-state index contributed by atoms with van der Waals surface area (Å²) < 4.78 is 20.7. The maximum Gasteiger partial charge on any atom is 0.256 e. The number of rotatable bonds is 9. The molecule has 3 unspecified atom stereocenters. The fourth-order valence-electron chi connectivity index (χ4n) is 3.64. The van der Waals surface area contributed by atoms with E-state index in [1.807, 2.05) is 6.07 Å². The molecule has 6 N–H and O–H groups in total. The number of carbonyl (C=O) groups excluding carboxylic acids is 1. The van der Waals surface area contributed by atoms with Gasteiger partial charge < -0.3 is 31.3 Å². The van der Waals surface area contributed by atoms with Gasteiger partial charge in [0.15, 0.2) is 17.0 Å². The highest BCUT2D eigenvalue weighted by molar-refractivity contribution is 6.06. The van der Waals surface area contributed by atoms with Gasteiger partial charge in [-0.25, -0.2) is 15.0 Å². The summed E-state index contributed by atoms with van der Waals surface area (Å²) in [4.78, 5) is 25.9. The number of nitrogens with zero attached hydrogens (tertiary/aromatic N) is 4. The van der Waals surface area contributed by atoms with E-state index in [2.05, 4.69) is 30.7 Å². The Morgan fingerprint density at radius 1 is 1.45 bits per heavy atom. The van der Waals surface area contributed by atoms with Crippen LogP contribution >= 0.6 is 0 Å². The normalized spacial score (nSPS) is 22.8. The Labute approximate surface area is 194 Å². The molecule has 1 aliphatic rings. The average molecular weight is 461 g/mol. The van der Waals surface area contributed by atoms with Crippen molar-refractivity contribution in [3.05, 3.63) is 42.2 Å². The Morgan fingerprint density at radius 2 is 2.24 bits per heavy atom. The van der Waals surface area contributed by atoms with Gasteiger partial charge in [-0.05, 0) is 32.0 Å². The number of aliphatic hydroxyl groups is 2. The van der Waals surface area contributed by atoms with Gasteiger partial charge in [0.25, 0.3) is 5.91 Å². The smallest absolute Gasteiger partial charge is 0.256 e. The number of imidazole rings is 1. The summed E-state index contributed by atoms with van der Waals surface area (Å²) >= 11 is 0. The quantitative estimate of drug-likeness (QED) is 0.298. The largest absolute Gasteiger partial charge is 0.393 e. The monoisotopic (exact) mass is 460 g/mol. The van der Waals surface area contributed by atoms with E-state index in [4.69, 9.17) is 13.3 Å². The van der Waals surface area contributed by atoms with Gasteiger partial charge in [-0.2, -0.15) is 0 Å². The Balaban J connectivity index is 0.00000167. The summed E-state index contributed by atoms with van der Waals surface area (Å²) in [5.74, 6) is 0.378. The van der Waals surface area contributed by atoms with Crippen LogP contribution in [0.3, 0.4) is 0 Å². The first-order chi connectivity index (χ1) is 17.0. The van der Waals surface area contributed by atoms with Crippen molar-refractivity contribution in [2.24, 2.45) is 5.73 Å². The van der Waals surface area contributed by atoms with Crippen molar-refractivity contribution in [2.75, 3.05) is 30.3 Å². The van der Waals surface area contributed by atoms with Crippen molar-refractivity contribution in [2.45, 2.75) is 45.1 Å². The molecule has 11 nitrogen and oxygen atoms in total. The maximum atomic E-state index is 12.7. The molecule has 1 aliphatic heterocycles. The van der Waals surface area contributed by atoms with Gasteiger partial charge in [-0.3, -0.25) is 9.36 Å². The number of anilines is 2. The van der Waals surface area contributed by atoms with Crippen LogP contribution in [0.5, 0.6) is 0 Å². The SMILES string of the molecule is [2H]C.[3H]OCC1(C)OC(n2c(NCCCN)nc3c(NC(=O)c4ccccc4)ncnc32)CC1O. The topological polar surface area (TPSA) is 160 Å². The van der Waals surface area contributed by atoms with E-state index in [1.54, 1.807) is 35.8 Å². The third kappa shape index (κ3) is 4.81. The van der Waals surface area contributed by atoms with E-state index in [1.165, 1.54) is 13.7 Å². The number of nitrogens with two attached hydrogens (primary N) is 1. The summed E-state index contributed by atoms with van der Waals surface area (Å²) in [6, 6.07) is 8.79. The van der Waals surface area contributed by atoms with Crippen LogP contribution in [-0.4, -0.2) is 68.5 Å². The molecule has 178 valence electrons. The van der Waals surface area contributed by atoms with Crippen LogP contribution in [-0.2, 0) is 4.74 Å². The molecular formula is C22H31N7O4. The first-order valence-corrected chi connectivity index (χ1v) is 10.4. The van der Waals surface area contributed by atoms with Crippen molar-refractivity contribution < 1.29 is 21.1 Å². The maximum absolute atomic E-state index is 12.7. The van der Waals surface area contributed by atoms with Crippen LogP contribution in [0, 0.1) is 0 Å². The zero-order valence-electron chi connectivity index (χ0n) is 20.7. The lowest BCUT2D eigenvalue weighted by Crippen LogP contribution is -2.39.